The van der Waals surface area contributed by atoms with Crippen molar-refractivity contribution in [2.45, 2.75) is 78.2 Å². The predicted molar refractivity (Wildman–Crippen MR) is 83.0 cm³/mol. The van der Waals surface area contributed by atoms with E-state index < -0.39 is 0 Å². The maximum absolute atomic E-state index is 6.00. The Morgan fingerprint density at radius 1 is 1.40 bits per heavy atom. The molecule has 1 saturated carbocycles. The summed E-state index contributed by atoms with van der Waals surface area (Å²) in [7, 11) is 0. The number of nitrogens with zero attached hydrogens (tertiary/aromatic N) is 1. The summed E-state index contributed by atoms with van der Waals surface area (Å²) in [5.41, 5.74) is 0.556. The summed E-state index contributed by atoms with van der Waals surface area (Å²) in [6, 6.07) is 0. The van der Waals surface area contributed by atoms with Crippen LogP contribution in [-0.4, -0.2) is 17.1 Å². The molecular formula is C17H30N2O. The molecule has 0 aliphatic heterocycles. The highest BCUT2D eigenvalue weighted by Gasteiger charge is 2.37. The van der Waals surface area contributed by atoms with Gasteiger partial charge in [0.15, 0.2) is 5.89 Å². The largest absolute Gasteiger partial charge is 0.445 e. The summed E-state index contributed by atoms with van der Waals surface area (Å²) in [5, 5.41) is 3.50. The zero-order valence-corrected chi connectivity index (χ0v) is 13.8. The molecule has 1 heterocycles. The highest BCUT2D eigenvalue weighted by atomic mass is 16.4. The fourth-order valence-corrected chi connectivity index (χ4v) is 3.16. The molecule has 1 atom stereocenters. The quantitative estimate of drug-likeness (QED) is 0.817. The Morgan fingerprint density at radius 2 is 2.15 bits per heavy atom. The summed E-state index contributed by atoms with van der Waals surface area (Å²) in [5.74, 6) is 2.56. The maximum Gasteiger partial charge on any atom is 0.194 e. The molecule has 1 aromatic heterocycles. The van der Waals surface area contributed by atoms with Crippen molar-refractivity contribution in [1.82, 2.24) is 10.3 Å². The van der Waals surface area contributed by atoms with Gasteiger partial charge in [-0.2, -0.15) is 0 Å². The lowest BCUT2D eigenvalue weighted by Gasteiger charge is -2.24. The number of hydrogen-bond donors (Lipinski definition) is 1. The molecule has 3 heteroatoms. The minimum atomic E-state index is 0.190. The van der Waals surface area contributed by atoms with Crippen LogP contribution in [0, 0.1) is 5.41 Å². The average Bonchev–Trinajstić information content (AvgIpc) is 2.89. The van der Waals surface area contributed by atoms with E-state index in [4.69, 9.17) is 4.42 Å². The van der Waals surface area contributed by atoms with Crippen LogP contribution < -0.4 is 5.32 Å². The summed E-state index contributed by atoms with van der Waals surface area (Å²) in [6.45, 7) is 12.3. The third-order valence-corrected chi connectivity index (χ3v) is 4.39. The molecule has 1 N–H and O–H groups in total. The van der Waals surface area contributed by atoms with Crippen molar-refractivity contribution in [3.05, 3.63) is 17.8 Å². The van der Waals surface area contributed by atoms with E-state index in [1.54, 1.807) is 0 Å². The number of hydrogen-bond acceptors (Lipinski definition) is 3. The molecule has 1 aliphatic rings. The van der Waals surface area contributed by atoms with Crippen LogP contribution in [-0.2, 0) is 6.42 Å². The number of aryl methyl sites for hydroxylation is 1. The lowest BCUT2D eigenvalue weighted by molar-refractivity contribution is 0.287. The van der Waals surface area contributed by atoms with Gasteiger partial charge in [0.05, 0.1) is 6.20 Å². The number of aromatic nitrogens is 1. The van der Waals surface area contributed by atoms with Crippen molar-refractivity contribution in [1.29, 1.82) is 0 Å². The van der Waals surface area contributed by atoms with Gasteiger partial charge in [-0.1, -0.05) is 20.3 Å². The smallest absolute Gasteiger partial charge is 0.194 e. The van der Waals surface area contributed by atoms with E-state index in [1.807, 2.05) is 6.20 Å². The van der Waals surface area contributed by atoms with Crippen LogP contribution in [0.25, 0.3) is 0 Å². The zero-order valence-electron chi connectivity index (χ0n) is 13.8. The second-order valence-electron chi connectivity index (χ2n) is 7.87. The molecule has 3 nitrogen and oxygen atoms in total. The maximum atomic E-state index is 6.00. The van der Waals surface area contributed by atoms with Gasteiger partial charge in [-0.15, -0.1) is 0 Å². The highest BCUT2D eigenvalue weighted by Crippen LogP contribution is 2.48. The Balaban J connectivity index is 1.84. The van der Waals surface area contributed by atoms with E-state index in [0.29, 0.717) is 11.3 Å². The van der Waals surface area contributed by atoms with Crippen molar-refractivity contribution >= 4 is 0 Å². The SMILES string of the molecule is CC(C)(C)NCCCc1ncc(C2CCCC2(C)C)o1. The van der Waals surface area contributed by atoms with Gasteiger partial charge in [0.1, 0.15) is 5.76 Å². The van der Waals surface area contributed by atoms with Gasteiger partial charge in [0.25, 0.3) is 0 Å². The van der Waals surface area contributed by atoms with Gasteiger partial charge in [-0.25, -0.2) is 4.98 Å². The third kappa shape index (κ3) is 4.08. The highest BCUT2D eigenvalue weighted by molar-refractivity contribution is 5.09. The second kappa shape index (κ2) is 5.88. The topological polar surface area (TPSA) is 38.1 Å². The standard InChI is InChI=1S/C17H30N2O/c1-16(2,3)19-11-7-9-15-18-12-14(20-15)13-8-6-10-17(13,4)5/h12-13,19H,6-11H2,1-5H3. The van der Waals surface area contributed by atoms with E-state index in [2.05, 4.69) is 44.9 Å². The average molecular weight is 278 g/mol. The molecule has 1 fully saturated rings. The molecule has 2 rings (SSSR count). The summed E-state index contributed by atoms with van der Waals surface area (Å²) in [6.07, 6.45) is 7.81. The molecule has 0 amide bonds. The van der Waals surface area contributed by atoms with Crippen molar-refractivity contribution in [3.8, 4) is 0 Å². The van der Waals surface area contributed by atoms with Crippen LogP contribution >= 0.6 is 0 Å². The van der Waals surface area contributed by atoms with Gasteiger partial charge >= 0.3 is 0 Å². The Labute approximate surface area is 123 Å². The van der Waals surface area contributed by atoms with E-state index in [1.165, 1.54) is 19.3 Å². The molecule has 1 aliphatic carbocycles. The molecular weight excluding hydrogens is 248 g/mol. The lowest BCUT2D eigenvalue weighted by Crippen LogP contribution is -2.36. The van der Waals surface area contributed by atoms with Crippen LogP contribution in [0.2, 0.25) is 0 Å². The first-order valence-electron chi connectivity index (χ1n) is 7.97. The van der Waals surface area contributed by atoms with Crippen LogP contribution in [0.4, 0.5) is 0 Å². The number of rotatable bonds is 5. The minimum Gasteiger partial charge on any atom is -0.445 e. The first kappa shape index (κ1) is 15.6. The Bertz CT molecular complexity index is 428. The molecule has 0 saturated heterocycles. The predicted octanol–water partition coefficient (Wildman–Crippen LogP) is 4.29. The molecule has 0 bridgehead atoms. The monoisotopic (exact) mass is 278 g/mol. The van der Waals surface area contributed by atoms with Crippen LogP contribution in [0.15, 0.2) is 10.6 Å². The third-order valence-electron chi connectivity index (χ3n) is 4.39. The fraction of sp³-hybridized carbons (Fsp3) is 0.824. The molecule has 0 spiro atoms. The number of nitrogens with one attached hydrogen (secondary N) is 1. The Kier molecular flexibility index (Phi) is 4.58. The normalized spacial score (nSPS) is 22.4. The summed E-state index contributed by atoms with van der Waals surface area (Å²) in [4.78, 5) is 4.47. The van der Waals surface area contributed by atoms with Crippen molar-refractivity contribution in [3.63, 3.8) is 0 Å². The van der Waals surface area contributed by atoms with Gasteiger partial charge in [0, 0.05) is 17.9 Å². The fourth-order valence-electron chi connectivity index (χ4n) is 3.16. The van der Waals surface area contributed by atoms with E-state index in [9.17, 15) is 0 Å². The van der Waals surface area contributed by atoms with Gasteiger partial charge in [-0.3, -0.25) is 0 Å². The molecule has 1 aromatic rings. The molecule has 114 valence electrons. The van der Waals surface area contributed by atoms with Crippen molar-refractivity contribution in [2.75, 3.05) is 6.54 Å². The van der Waals surface area contributed by atoms with Crippen LogP contribution in [0.5, 0.6) is 0 Å². The number of oxazole rings is 1. The first-order chi connectivity index (χ1) is 9.28. The molecule has 1 unspecified atom stereocenters. The Hall–Kier alpha value is -0.830. The summed E-state index contributed by atoms with van der Waals surface area (Å²) >= 11 is 0. The molecule has 20 heavy (non-hydrogen) atoms. The Morgan fingerprint density at radius 3 is 2.75 bits per heavy atom. The molecule has 0 radical (unpaired) electrons. The summed E-state index contributed by atoms with van der Waals surface area (Å²) < 4.78 is 6.00. The van der Waals surface area contributed by atoms with E-state index in [-0.39, 0.29) is 5.54 Å². The van der Waals surface area contributed by atoms with E-state index >= 15 is 0 Å². The van der Waals surface area contributed by atoms with Crippen LogP contribution in [0.3, 0.4) is 0 Å². The first-order valence-corrected chi connectivity index (χ1v) is 7.97. The van der Waals surface area contributed by atoms with Crippen molar-refractivity contribution in [2.24, 2.45) is 5.41 Å². The minimum absolute atomic E-state index is 0.190. The van der Waals surface area contributed by atoms with E-state index in [0.717, 1.165) is 31.0 Å². The molecule has 0 aromatic carbocycles. The van der Waals surface area contributed by atoms with Crippen LogP contribution in [0.1, 0.15) is 77.9 Å². The van der Waals surface area contributed by atoms with Gasteiger partial charge in [0.2, 0.25) is 0 Å². The van der Waals surface area contributed by atoms with Gasteiger partial charge in [-0.05, 0) is 52.0 Å². The zero-order chi connectivity index (χ0) is 14.8. The lowest BCUT2D eigenvalue weighted by atomic mass is 9.81. The second-order valence-corrected chi connectivity index (χ2v) is 7.87. The van der Waals surface area contributed by atoms with Gasteiger partial charge < -0.3 is 9.73 Å². The van der Waals surface area contributed by atoms with Crippen molar-refractivity contribution < 1.29 is 4.42 Å².